The number of nitrogens with zero attached hydrogens (tertiary/aromatic N) is 1. The van der Waals surface area contributed by atoms with Crippen molar-refractivity contribution >= 4 is 23.5 Å². The Morgan fingerprint density at radius 3 is 2.65 bits per heavy atom. The van der Waals surface area contributed by atoms with Crippen molar-refractivity contribution in [2.24, 2.45) is 5.10 Å². The third-order valence-electron chi connectivity index (χ3n) is 2.99. The Hall–Kier alpha value is -2.60. The van der Waals surface area contributed by atoms with Crippen LogP contribution < -0.4 is 15.5 Å². The lowest BCUT2D eigenvalue weighted by molar-refractivity contribution is 0.340. The van der Waals surface area contributed by atoms with Crippen LogP contribution in [0.4, 0.5) is 0 Å². The maximum atomic E-state index is 9.61. The zero-order chi connectivity index (χ0) is 16.5. The second-order valence-electron chi connectivity index (χ2n) is 4.69. The number of aromatic hydroxyl groups is 1. The summed E-state index contributed by atoms with van der Waals surface area (Å²) in [5, 5.41) is 17.1. The highest BCUT2D eigenvalue weighted by atomic mass is 32.1. The highest BCUT2D eigenvalue weighted by molar-refractivity contribution is 7.80. The third kappa shape index (κ3) is 5.60. The Morgan fingerprint density at radius 2 is 1.96 bits per heavy atom. The van der Waals surface area contributed by atoms with Gasteiger partial charge in [0, 0.05) is 12.1 Å². The molecular weight excluding hydrogens is 310 g/mol. The molecule has 0 aliphatic rings. The number of hydrazone groups is 1. The lowest BCUT2D eigenvalue weighted by Gasteiger charge is -2.08. The molecule has 0 fully saturated rings. The van der Waals surface area contributed by atoms with Gasteiger partial charge in [0.25, 0.3) is 0 Å². The van der Waals surface area contributed by atoms with Crippen LogP contribution in [0, 0.1) is 0 Å². The van der Waals surface area contributed by atoms with E-state index in [1.807, 2.05) is 37.3 Å². The maximum absolute atomic E-state index is 9.61. The smallest absolute Gasteiger partial charge is 0.187 e. The van der Waals surface area contributed by atoms with Gasteiger partial charge in [-0.25, -0.2) is 0 Å². The molecule has 0 aromatic heterocycles. The molecule has 0 unspecified atom stereocenters. The molecule has 0 saturated carbocycles. The monoisotopic (exact) mass is 329 g/mol. The fourth-order valence-corrected chi connectivity index (χ4v) is 1.97. The third-order valence-corrected chi connectivity index (χ3v) is 3.23. The van der Waals surface area contributed by atoms with Crippen molar-refractivity contribution in [3.63, 3.8) is 0 Å². The number of hydrogen-bond donors (Lipinski definition) is 3. The van der Waals surface area contributed by atoms with Gasteiger partial charge in [-0.1, -0.05) is 24.3 Å². The molecular formula is C17H19N3O2S. The van der Waals surface area contributed by atoms with Crippen molar-refractivity contribution in [1.82, 2.24) is 10.7 Å². The van der Waals surface area contributed by atoms with Gasteiger partial charge in [-0.3, -0.25) is 5.43 Å². The summed E-state index contributed by atoms with van der Waals surface area (Å²) in [6, 6.07) is 14.7. The molecule has 0 amide bonds. The highest BCUT2D eigenvalue weighted by Gasteiger charge is 1.98. The van der Waals surface area contributed by atoms with E-state index in [1.165, 1.54) is 6.21 Å². The van der Waals surface area contributed by atoms with Gasteiger partial charge in [-0.05, 0) is 49.0 Å². The first kappa shape index (κ1) is 16.8. The Balaban J connectivity index is 1.78. The van der Waals surface area contributed by atoms with E-state index in [9.17, 15) is 5.11 Å². The molecule has 3 N–H and O–H groups in total. The van der Waals surface area contributed by atoms with E-state index in [0.717, 1.165) is 11.3 Å². The average Bonchev–Trinajstić information content (AvgIpc) is 2.56. The molecule has 120 valence electrons. The van der Waals surface area contributed by atoms with Crippen molar-refractivity contribution in [2.75, 3.05) is 6.61 Å². The number of hydrogen-bond acceptors (Lipinski definition) is 4. The molecule has 0 radical (unpaired) electrons. The van der Waals surface area contributed by atoms with Crippen molar-refractivity contribution in [3.05, 3.63) is 59.7 Å². The van der Waals surface area contributed by atoms with Crippen molar-refractivity contribution in [2.45, 2.75) is 13.5 Å². The summed E-state index contributed by atoms with van der Waals surface area (Å²) in [6.45, 7) is 3.19. The SMILES string of the molecule is CCOc1ccc(CNC(=S)N/N=C\c2ccccc2O)cc1. The minimum atomic E-state index is 0.173. The minimum absolute atomic E-state index is 0.173. The topological polar surface area (TPSA) is 65.9 Å². The van der Waals surface area contributed by atoms with Crippen LogP contribution in [0.3, 0.4) is 0 Å². The van der Waals surface area contributed by atoms with Gasteiger partial charge in [-0.15, -0.1) is 0 Å². The van der Waals surface area contributed by atoms with E-state index in [2.05, 4.69) is 15.8 Å². The van der Waals surface area contributed by atoms with E-state index >= 15 is 0 Å². The van der Waals surface area contributed by atoms with Crippen LogP contribution >= 0.6 is 12.2 Å². The fraction of sp³-hybridized carbons (Fsp3) is 0.176. The fourth-order valence-electron chi connectivity index (χ4n) is 1.85. The molecule has 0 heterocycles. The zero-order valence-corrected chi connectivity index (χ0v) is 13.6. The first-order valence-corrected chi connectivity index (χ1v) is 7.66. The quantitative estimate of drug-likeness (QED) is 0.432. The van der Waals surface area contributed by atoms with E-state index in [4.69, 9.17) is 17.0 Å². The molecule has 6 heteroatoms. The van der Waals surface area contributed by atoms with E-state index in [-0.39, 0.29) is 5.75 Å². The minimum Gasteiger partial charge on any atom is -0.507 e. The molecule has 0 aliphatic carbocycles. The van der Waals surface area contributed by atoms with Crippen LogP contribution in [-0.4, -0.2) is 23.0 Å². The predicted octanol–water partition coefficient (Wildman–Crippen LogP) is 2.79. The molecule has 0 bridgehead atoms. The van der Waals surface area contributed by atoms with Gasteiger partial charge in [0.05, 0.1) is 12.8 Å². The standard InChI is InChI=1S/C17H19N3O2S/c1-2-22-15-9-7-13(8-10-15)11-18-17(23)20-19-12-14-5-3-4-6-16(14)21/h3-10,12,21H,2,11H2,1H3,(H2,18,20,23)/b19-12-. The second-order valence-corrected chi connectivity index (χ2v) is 5.10. The van der Waals surface area contributed by atoms with Gasteiger partial charge in [0.15, 0.2) is 5.11 Å². The van der Waals surface area contributed by atoms with Gasteiger partial charge in [0.2, 0.25) is 0 Å². The predicted molar refractivity (Wildman–Crippen MR) is 95.9 cm³/mol. The molecule has 0 saturated heterocycles. The summed E-state index contributed by atoms with van der Waals surface area (Å²) < 4.78 is 5.39. The van der Waals surface area contributed by atoms with Gasteiger partial charge in [-0.2, -0.15) is 5.10 Å². The summed E-state index contributed by atoms with van der Waals surface area (Å²) >= 11 is 5.15. The lowest BCUT2D eigenvalue weighted by Crippen LogP contribution is -2.31. The number of nitrogens with one attached hydrogen (secondary N) is 2. The number of phenols is 1. The molecule has 23 heavy (non-hydrogen) atoms. The van der Waals surface area contributed by atoms with Gasteiger partial charge in [0.1, 0.15) is 11.5 Å². The Morgan fingerprint density at radius 1 is 1.22 bits per heavy atom. The molecule has 0 aliphatic heterocycles. The number of thiocarbonyl (C=S) groups is 1. The van der Waals surface area contributed by atoms with E-state index in [1.54, 1.807) is 18.2 Å². The Kier molecular flexibility index (Phi) is 6.38. The van der Waals surface area contributed by atoms with Crippen molar-refractivity contribution in [3.8, 4) is 11.5 Å². The molecule has 2 aromatic carbocycles. The van der Waals surface area contributed by atoms with Crippen molar-refractivity contribution in [1.29, 1.82) is 0 Å². The molecule has 0 spiro atoms. The number of ether oxygens (including phenoxy) is 1. The maximum Gasteiger partial charge on any atom is 0.187 e. The van der Waals surface area contributed by atoms with Crippen LogP contribution in [0.15, 0.2) is 53.6 Å². The molecule has 0 atom stereocenters. The molecule has 2 aromatic rings. The van der Waals surface area contributed by atoms with Crippen molar-refractivity contribution < 1.29 is 9.84 Å². The van der Waals surface area contributed by atoms with Crippen LogP contribution in [0.2, 0.25) is 0 Å². The van der Waals surface area contributed by atoms with Crippen LogP contribution in [0.1, 0.15) is 18.1 Å². The normalized spacial score (nSPS) is 10.5. The number of rotatable bonds is 6. The number of benzene rings is 2. The highest BCUT2D eigenvalue weighted by Crippen LogP contribution is 2.13. The van der Waals surface area contributed by atoms with Crippen LogP contribution in [0.25, 0.3) is 0 Å². The summed E-state index contributed by atoms with van der Waals surface area (Å²) in [5.41, 5.74) is 4.42. The van der Waals surface area contributed by atoms with E-state index < -0.39 is 0 Å². The number of phenolic OH excluding ortho intramolecular Hbond substituents is 1. The van der Waals surface area contributed by atoms with Crippen LogP contribution in [-0.2, 0) is 6.54 Å². The van der Waals surface area contributed by atoms with Gasteiger partial charge < -0.3 is 15.2 Å². The van der Waals surface area contributed by atoms with E-state index in [0.29, 0.717) is 23.8 Å². The summed E-state index contributed by atoms with van der Waals surface area (Å²) in [6.07, 6.45) is 1.51. The Labute approximate surface area is 141 Å². The van der Waals surface area contributed by atoms with Gasteiger partial charge >= 0.3 is 0 Å². The Bertz CT molecular complexity index is 672. The first-order valence-electron chi connectivity index (χ1n) is 7.25. The summed E-state index contributed by atoms with van der Waals surface area (Å²) in [4.78, 5) is 0. The number of para-hydroxylation sites is 1. The summed E-state index contributed by atoms with van der Waals surface area (Å²) in [5.74, 6) is 1.02. The molecule has 2 rings (SSSR count). The molecule has 5 nitrogen and oxygen atoms in total. The average molecular weight is 329 g/mol. The second kappa shape index (κ2) is 8.75. The zero-order valence-electron chi connectivity index (χ0n) is 12.8. The van der Waals surface area contributed by atoms with Crippen LogP contribution in [0.5, 0.6) is 11.5 Å². The first-order chi connectivity index (χ1) is 11.2. The largest absolute Gasteiger partial charge is 0.507 e. The lowest BCUT2D eigenvalue weighted by atomic mass is 10.2. The summed E-state index contributed by atoms with van der Waals surface area (Å²) in [7, 11) is 0.